The summed E-state index contributed by atoms with van der Waals surface area (Å²) in [5.74, 6) is 0. The van der Waals surface area contributed by atoms with Crippen LogP contribution in [-0.2, 0) is 6.42 Å². The van der Waals surface area contributed by atoms with Gasteiger partial charge in [0.25, 0.3) is 0 Å². The highest BCUT2D eigenvalue weighted by Gasteiger charge is 2.16. The van der Waals surface area contributed by atoms with E-state index in [-0.39, 0.29) is 6.04 Å². The summed E-state index contributed by atoms with van der Waals surface area (Å²) >= 11 is 0. The minimum absolute atomic E-state index is 0.238. The first-order chi connectivity index (χ1) is 7.86. The van der Waals surface area contributed by atoms with Gasteiger partial charge in [-0.25, -0.2) is 0 Å². The molecule has 0 unspecified atom stereocenters. The molecular formula is C15H17N. The van der Waals surface area contributed by atoms with E-state index in [9.17, 15) is 0 Å². The number of nitrogens with two attached hydrogens (primary N) is 1. The van der Waals surface area contributed by atoms with Crippen molar-refractivity contribution in [2.24, 2.45) is 5.73 Å². The van der Waals surface area contributed by atoms with Crippen molar-refractivity contribution in [1.82, 2.24) is 0 Å². The zero-order valence-corrected chi connectivity index (χ0v) is 9.45. The van der Waals surface area contributed by atoms with Crippen LogP contribution >= 0.6 is 0 Å². The van der Waals surface area contributed by atoms with Gasteiger partial charge in [0.15, 0.2) is 0 Å². The summed E-state index contributed by atoms with van der Waals surface area (Å²) in [6, 6.07) is 13.3. The van der Waals surface area contributed by atoms with E-state index in [1.165, 1.54) is 41.2 Å². The predicted octanol–water partition coefficient (Wildman–Crippen LogP) is 3.57. The molecule has 2 N–H and O–H groups in total. The summed E-state index contributed by atoms with van der Waals surface area (Å²) in [5.41, 5.74) is 9.10. The molecule has 2 aromatic rings. The molecule has 0 bridgehead atoms. The Balaban J connectivity index is 2.28. The maximum Gasteiger partial charge on any atom is 0.0297 e. The molecule has 3 rings (SSSR count). The Morgan fingerprint density at radius 2 is 1.88 bits per heavy atom. The lowest BCUT2D eigenvalue weighted by Crippen LogP contribution is -2.10. The Labute approximate surface area is 96.3 Å². The Morgan fingerprint density at radius 3 is 2.81 bits per heavy atom. The van der Waals surface area contributed by atoms with Crippen LogP contribution in [0.1, 0.15) is 36.4 Å². The van der Waals surface area contributed by atoms with Crippen LogP contribution in [0.25, 0.3) is 10.8 Å². The molecule has 16 heavy (non-hydrogen) atoms. The van der Waals surface area contributed by atoms with Gasteiger partial charge in [-0.3, -0.25) is 0 Å². The minimum Gasteiger partial charge on any atom is -0.324 e. The Kier molecular flexibility index (Phi) is 2.41. The first-order valence-electron chi connectivity index (χ1n) is 6.12. The van der Waals surface area contributed by atoms with Crippen molar-refractivity contribution < 1.29 is 0 Å². The first kappa shape index (κ1) is 9.86. The van der Waals surface area contributed by atoms with Gasteiger partial charge in [-0.2, -0.15) is 0 Å². The fraction of sp³-hybridized carbons (Fsp3) is 0.333. The Hall–Kier alpha value is -1.34. The molecule has 1 atom stereocenters. The zero-order chi connectivity index (χ0) is 11.0. The van der Waals surface area contributed by atoms with Crippen LogP contribution in [0.5, 0.6) is 0 Å². The third kappa shape index (κ3) is 1.52. The highest BCUT2D eigenvalue weighted by Crippen LogP contribution is 2.32. The van der Waals surface area contributed by atoms with Crippen molar-refractivity contribution >= 4 is 10.8 Å². The van der Waals surface area contributed by atoms with Crippen LogP contribution < -0.4 is 5.73 Å². The van der Waals surface area contributed by atoms with Gasteiger partial charge < -0.3 is 5.73 Å². The lowest BCUT2D eigenvalue weighted by atomic mass is 9.94. The number of aryl methyl sites for hydroxylation is 1. The molecule has 2 aromatic carbocycles. The largest absolute Gasteiger partial charge is 0.324 e. The SMILES string of the molecule is N[C@@H]1CCCCc2c1ccc1ccccc21. The minimum atomic E-state index is 0.238. The van der Waals surface area contributed by atoms with Crippen molar-refractivity contribution in [3.05, 3.63) is 47.5 Å². The van der Waals surface area contributed by atoms with E-state index in [0.717, 1.165) is 6.42 Å². The summed E-state index contributed by atoms with van der Waals surface area (Å²) < 4.78 is 0. The normalized spacial score (nSPS) is 20.4. The van der Waals surface area contributed by atoms with Crippen molar-refractivity contribution in [1.29, 1.82) is 0 Å². The summed E-state index contributed by atoms with van der Waals surface area (Å²) in [5, 5.41) is 2.74. The molecule has 0 fully saturated rings. The van der Waals surface area contributed by atoms with Crippen LogP contribution in [0.15, 0.2) is 36.4 Å². The highest BCUT2D eigenvalue weighted by molar-refractivity contribution is 5.87. The molecule has 0 aliphatic heterocycles. The van der Waals surface area contributed by atoms with Crippen LogP contribution in [-0.4, -0.2) is 0 Å². The third-order valence-corrected chi connectivity index (χ3v) is 3.67. The topological polar surface area (TPSA) is 26.0 Å². The fourth-order valence-corrected chi connectivity index (χ4v) is 2.80. The quantitative estimate of drug-likeness (QED) is 0.662. The summed E-state index contributed by atoms with van der Waals surface area (Å²) in [4.78, 5) is 0. The van der Waals surface area contributed by atoms with E-state index in [4.69, 9.17) is 5.73 Å². The molecule has 1 aliphatic rings. The lowest BCUT2D eigenvalue weighted by molar-refractivity contribution is 0.615. The smallest absolute Gasteiger partial charge is 0.0297 e. The Bertz CT molecular complexity index is 516. The standard InChI is InChI=1S/C15H17N/c16-15-8-4-3-7-13-12-6-2-1-5-11(12)9-10-14(13)15/h1-2,5-6,9-10,15H,3-4,7-8,16H2/t15-/m1/s1. The molecule has 1 nitrogen and oxygen atoms in total. The molecular weight excluding hydrogens is 194 g/mol. The zero-order valence-electron chi connectivity index (χ0n) is 9.45. The molecule has 0 saturated carbocycles. The number of hydrogen-bond acceptors (Lipinski definition) is 1. The number of benzene rings is 2. The second kappa shape index (κ2) is 3.91. The number of fused-ring (bicyclic) bond motifs is 3. The van der Waals surface area contributed by atoms with Gasteiger partial charge in [-0.05, 0) is 41.2 Å². The van der Waals surface area contributed by atoms with Crippen LogP contribution in [0.4, 0.5) is 0 Å². The average Bonchev–Trinajstić information content (AvgIpc) is 2.52. The molecule has 0 radical (unpaired) electrons. The van der Waals surface area contributed by atoms with E-state index in [0.29, 0.717) is 0 Å². The van der Waals surface area contributed by atoms with Crippen molar-refractivity contribution in [3.63, 3.8) is 0 Å². The van der Waals surface area contributed by atoms with Crippen molar-refractivity contribution in [2.75, 3.05) is 0 Å². The molecule has 1 aliphatic carbocycles. The molecule has 0 aromatic heterocycles. The predicted molar refractivity (Wildman–Crippen MR) is 68.4 cm³/mol. The van der Waals surface area contributed by atoms with Gasteiger partial charge in [-0.15, -0.1) is 0 Å². The molecule has 0 spiro atoms. The molecule has 0 saturated heterocycles. The van der Waals surface area contributed by atoms with Crippen LogP contribution in [0.3, 0.4) is 0 Å². The third-order valence-electron chi connectivity index (χ3n) is 3.67. The lowest BCUT2D eigenvalue weighted by Gasteiger charge is -2.14. The van der Waals surface area contributed by atoms with Gasteiger partial charge in [0.2, 0.25) is 0 Å². The second-order valence-electron chi connectivity index (χ2n) is 4.71. The van der Waals surface area contributed by atoms with E-state index in [2.05, 4.69) is 36.4 Å². The van der Waals surface area contributed by atoms with Crippen LogP contribution in [0, 0.1) is 0 Å². The average molecular weight is 211 g/mol. The van der Waals surface area contributed by atoms with Gasteiger partial charge >= 0.3 is 0 Å². The van der Waals surface area contributed by atoms with Crippen molar-refractivity contribution in [3.8, 4) is 0 Å². The highest BCUT2D eigenvalue weighted by atomic mass is 14.6. The van der Waals surface area contributed by atoms with E-state index in [1.54, 1.807) is 0 Å². The second-order valence-corrected chi connectivity index (χ2v) is 4.71. The summed E-state index contributed by atoms with van der Waals surface area (Å²) in [6.07, 6.45) is 4.84. The maximum atomic E-state index is 6.24. The van der Waals surface area contributed by atoms with E-state index < -0.39 is 0 Å². The number of hydrogen-bond donors (Lipinski definition) is 1. The van der Waals surface area contributed by atoms with Crippen molar-refractivity contribution in [2.45, 2.75) is 31.7 Å². The molecule has 0 amide bonds. The molecule has 1 heteroatoms. The summed E-state index contributed by atoms with van der Waals surface area (Å²) in [7, 11) is 0. The van der Waals surface area contributed by atoms with Gasteiger partial charge in [0.05, 0.1) is 0 Å². The van der Waals surface area contributed by atoms with Gasteiger partial charge in [0, 0.05) is 6.04 Å². The fourth-order valence-electron chi connectivity index (χ4n) is 2.80. The monoisotopic (exact) mass is 211 g/mol. The number of rotatable bonds is 0. The molecule has 82 valence electrons. The van der Waals surface area contributed by atoms with E-state index in [1.807, 2.05) is 0 Å². The maximum absolute atomic E-state index is 6.24. The van der Waals surface area contributed by atoms with Gasteiger partial charge in [-0.1, -0.05) is 42.8 Å². The van der Waals surface area contributed by atoms with Crippen LogP contribution in [0.2, 0.25) is 0 Å². The summed E-state index contributed by atoms with van der Waals surface area (Å²) in [6.45, 7) is 0. The molecule has 0 heterocycles. The van der Waals surface area contributed by atoms with Gasteiger partial charge in [0.1, 0.15) is 0 Å². The first-order valence-corrected chi connectivity index (χ1v) is 6.12. The van der Waals surface area contributed by atoms with E-state index >= 15 is 0 Å². The Morgan fingerprint density at radius 1 is 1.00 bits per heavy atom.